The standard InChI is InChI=1S/C14H13BrFNO/c1-9-6-10(8-17)2-5-13(9)18-14-7-11(15)3-4-12(14)16/h2-7H,8,17H2,1H3. The monoisotopic (exact) mass is 309 g/mol. The lowest BCUT2D eigenvalue weighted by Gasteiger charge is -2.10. The average Bonchev–Trinajstić information content (AvgIpc) is 2.36. The molecule has 0 heterocycles. The molecule has 2 rings (SSSR count). The van der Waals surface area contributed by atoms with Gasteiger partial charge in [-0.25, -0.2) is 4.39 Å². The van der Waals surface area contributed by atoms with Crippen molar-refractivity contribution < 1.29 is 9.13 Å². The maximum absolute atomic E-state index is 13.6. The Bertz CT molecular complexity index is 572. The minimum atomic E-state index is -0.388. The fourth-order valence-corrected chi connectivity index (χ4v) is 1.97. The Balaban J connectivity index is 2.31. The third-order valence-electron chi connectivity index (χ3n) is 2.59. The highest BCUT2D eigenvalue weighted by Gasteiger charge is 2.07. The number of hydrogen-bond donors (Lipinski definition) is 1. The van der Waals surface area contributed by atoms with Gasteiger partial charge < -0.3 is 10.5 Å². The van der Waals surface area contributed by atoms with Gasteiger partial charge in [-0.3, -0.25) is 0 Å². The number of halogens is 2. The molecule has 18 heavy (non-hydrogen) atoms. The highest BCUT2D eigenvalue weighted by molar-refractivity contribution is 9.10. The van der Waals surface area contributed by atoms with Crippen LogP contribution in [0.3, 0.4) is 0 Å². The SMILES string of the molecule is Cc1cc(CN)ccc1Oc1cc(Br)ccc1F. The van der Waals surface area contributed by atoms with Gasteiger partial charge in [-0.15, -0.1) is 0 Å². The second-order valence-electron chi connectivity index (χ2n) is 3.98. The van der Waals surface area contributed by atoms with Gasteiger partial charge in [-0.2, -0.15) is 0 Å². The maximum Gasteiger partial charge on any atom is 0.165 e. The van der Waals surface area contributed by atoms with Gasteiger partial charge in [0.15, 0.2) is 11.6 Å². The first kappa shape index (κ1) is 13.1. The van der Waals surface area contributed by atoms with Crippen LogP contribution in [-0.2, 0) is 6.54 Å². The molecule has 0 amide bonds. The van der Waals surface area contributed by atoms with Crippen LogP contribution in [0, 0.1) is 12.7 Å². The number of nitrogens with two attached hydrogens (primary N) is 1. The Hall–Kier alpha value is -1.39. The second kappa shape index (κ2) is 5.50. The Kier molecular flexibility index (Phi) is 3.99. The Labute approximate surface area is 114 Å². The van der Waals surface area contributed by atoms with E-state index in [0.29, 0.717) is 12.3 Å². The minimum Gasteiger partial charge on any atom is -0.454 e. The molecule has 2 aromatic carbocycles. The van der Waals surface area contributed by atoms with Gasteiger partial charge in [0.1, 0.15) is 5.75 Å². The van der Waals surface area contributed by atoms with Crippen molar-refractivity contribution in [3.63, 3.8) is 0 Å². The van der Waals surface area contributed by atoms with Crippen LogP contribution in [0.2, 0.25) is 0 Å². The molecule has 2 N–H and O–H groups in total. The molecule has 4 heteroatoms. The largest absolute Gasteiger partial charge is 0.454 e. The minimum absolute atomic E-state index is 0.202. The second-order valence-corrected chi connectivity index (χ2v) is 4.90. The number of aryl methyl sites for hydroxylation is 1. The molecule has 0 spiro atoms. The predicted octanol–water partition coefficient (Wildman–Crippen LogP) is 4.15. The molecule has 0 bridgehead atoms. The molecule has 2 nitrogen and oxygen atoms in total. The zero-order valence-corrected chi connectivity index (χ0v) is 11.5. The van der Waals surface area contributed by atoms with Crippen molar-refractivity contribution in [2.45, 2.75) is 13.5 Å². The summed E-state index contributed by atoms with van der Waals surface area (Å²) in [7, 11) is 0. The summed E-state index contributed by atoms with van der Waals surface area (Å²) in [6.07, 6.45) is 0. The molecule has 0 atom stereocenters. The van der Waals surface area contributed by atoms with Crippen molar-refractivity contribution >= 4 is 15.9 Å². The van der Waals surface area contributed by atoms with Crippen molar-refractivity contribution in [1.82, 2.24) is 0 Å². The molecule has 0 aliphatic rings. The first-order valence-electron chi connectivity index (χ1n) is 5.52. The van der Waals surface area contributed by atoms with Crippen LogP contribution in [0.4, 0.5) is 4.39 Å². The summed E-state index contributed by atoms with van der Waals surface area (Å²) in [6, 6.07) is 10.2. The van der Waals surface area contributed by atoms with Crippen LogP contribution in [0.5, 0.6) is 11.5 Å². The number of benzene rings is 2. The van der Waals surface area contributed by atoms with Crippen molar-refractivity contribution in [2.24, 2.45) is 5.73 Å². The Morgan fingerprint density at radius 1 is 1.17 bits per heavy atom. The lowest BCUT2D eigenvalue weighted by Crippen LogP contribution is -1.97. The fraction of sp³-hybridized carbons (Fsp3) is 0.143. The molecule has 0 saturated heterocycles. The van der Waals surface area contributed by atoms with Crippen LogP contribution >= 0.6 is 15.9 Å². The number of rotatable bonds is 3. The van der Waals surface area contributed by atoms with Crippen LogP contribution in [0.15, 0.2) is 40.9 Å². The van der Waals surface area contributed by atoms with E-state index in [4.69, 9.17) is 10.5 Å². The van der Waals surface area contributed by atoms with Gasteiger partial charge in [0.2, 0.25) is 0 Å². The molecular weight excluding hydrogens is 297 g/mol. The van der Waals surface area contributed by atoms with Crippen LogP contribution < -0.4 is 10.5 Å². The molecule has 0 saturated carbocycles. The lowest BCUT2D eigenvalue weighted by atomic mass is 10.1. The number of hydrogen-bond acceptors (Lipinski definition) is 2. The molecule has 0 aliphatic heterocycles. The molecule has 2 aromatic rings. The third-order valence-corrected chi connectivity index (χ3v) is 3.08. The topological polar surface area (TPSA) is 35.2 Å². The smallest absolute Gasteiger partial charge is 0.165 e. The van der Waals surface area contributed by atoms with Gasteiger partial charge in [0.25, 0.3) is 0 Å². The highest BCUT2D eigenvalue weighted by Crippen LogP contribution is 2.29. The van der Waals surface area contributed by atoms with Gasteiger partial charge >= 0.3 is 0 Å². The molecule has 94 valence electrons. The summed E-state index contributed by atoms with van der Waals surface area (Å²) in [4.78, 5) is 0. The maximum atomic E-state index is 13.6. The van der Waals surface area contributed by atoms with Crippen LogP contribution in [0.1, 0.15) is 11.1 Å². The van der Waals surface area contributed by atoms with E-state index in [2.05, 4.69) is 15.9 Å². The quantitative estimate of drug-likeness (QED) is 0.924. The van der Waals surface area contributed by atoms with E-state index in [1.807, 2.05) is 19.1 Å². The van der Waals surface area contributed by atoms with Gasteiger partial charge in [0, 0.05) is 11.0 Å². The van der Waals surface area contributed by atoms with E-state index >= 15 is 0 Å². The number of ether oxygens (including phenoxy) is 1. The van der Waals surface area contributed by atoms with Crippen molar-refractivity contribution in [2.75, 3.05) is 0 Å². The third kappa shape index (κ3) is 2.89. The molecule has 0 fully saturated rings. The van der Waals surface area contributed by atoms with E-state index in [-0.39, 0.29) is 11.6 Å². The van der Waals surface area contributed by atoms with E-state index < -0.39 is 0 Å². The summed E-state index contributed by atoms with van der Waals surface area (Å²) >= 11 is 3.29. The van der Waals surface area contributed by atoms with Crippen molar-refractivity contribution in [1.29, 1.82) is 0 Å². The molecule has 0 aliphatic carbocycles. The first-order valence-corrected chi connectivity index (χ1v) is 6.32. The van der Waals surface area contributed by atoms with Crippen LogP contribution in [-0.4, -0.2) is 0 Å². The van der Waals surface area contributed by atoms with Gasteiger partial charge in [-0.05, 0) is 42.3 Å². The highest BCUT2D eigenvalue weighted by atomic mass is 79.9. The normalized spacial score (nSPS) is 10.4. The summed E-state index contributed by atoms with van der Waals surface area (Å²) in [5, 5.41) is 0. The zero-order chi connectivity index (χ0) is 13.1. The molecule has 0 unspecified atom stereocenters. The summed E-state index contributed by atoms with van der Waals surface area (Å²) in [5.41, 5.74) is 7.51. The zero-order valence-electron chi connectivity index (χ0n) is 9.91. The first-order chi connectivity index (χ1) is 8.60. The lowest BCUT2D eigenvalue weighted by molar-refractivity contribution is 0.439. The summed E-state index contributed by atoms with van der Waals surface area (Å²) in [6.45, 7) is 2.39. The van der Waals surface area contributed by atoms with Crippen LogP contribution in [0.25, 0.3) is 0 Å². The molecule has 0 aromatic heterocycles. The van der Waals surface area contributed by atoms with Gasteiger partial charge in [-0.1, -0.05) is 28.1 Å². The van der Waals surface area contributed by atoms with Crippen molar-refractivity contribution in [3.8, 4) is 11.5 Å². The molecular formula is C14H13BrFNO. The predicted molar refractivity (Wildman–Crippen MR) is 73.2 cm³/mol. The van der Waals surface area contributed by atoms with E-state index in [1.54, 1.807) is 18.2 Å². The fourth-order valence-electron chi connectivity index (χ4n) is 1.63. The van der Waals surface area contributed by atoms with Crippen molar-refractivity contribution in [3.05, 3.63) is 57.8 Å². The van der Waals surface area contributed by atoms with E-state index in [1.165, 1.54) is 6.07 Å². The summed E-state index contributed by atoms with van der Waals surface area (Å²) < 4.78 is 19.9. The van der Waals surface area contributed by atoms with E-state index in [0.717, 1.165) is 15.6 Å². The Morgan fingerprint density at radius 2 is 1.94 bits per heavy atom. The van der Waals surface area contributed by atoms with E-state index in [9.17, 15) is 4.39 Å². The molecule has 0 radical (unpaired) electrons. The van der Waals surface area contributed by atoms with Gasteiger partial charge in [0.05, 0.1) is 0 Å². The average molecular weight is 310 g/mol. The summed E-state index contributed by atoms with van der Waals surface area (Å²) in [5.74, 6) is 0.442. The Morgan fingerprint density at radius 3 is 2.61 bits per heavy atom.